The molecule has 0 bridgehead atoms. The number of halogens is 1. The Morgan fingerprint density at radius 3 is 2.29 bits per heavy atom. The highest BCUT2D eigenvalue weighted by Crippen LogP contribution is 2.20. The fourth-order valence-electron chi connectivity index (χ4n) is 1.16. The topological polar surface area (TPSA) is 49.3 Å². The van der Waals surface area contributed by atoms with E-state index in [-0.39, 0.29) is 5.82 Å². The average molecular weight is 197 g/mol. The number of carboxylic acid groups (broad SMARTS) is 1. The lowest BCUT2D eigenvalue weighted by atomic mass is 9.92. The molecule has 1 aromatic rings. The van der Waals surface area contributed by atoms with Gasteiger partial charge in [-0.2, -0.15) is 0 Å². The van der Waals surface area contributed by atoms with Gasteiger partial charge in [0.25, 0.3) is 0 Å². The fraction of sp³-hybridized carbons (Fsp3) is 0.300. The molecule has 0 saturated carbocycles. The van der Waals surface area contributed by atoms with Gasteiger partial charge in [-0.3, -0.25) is 0 Å². The summed E-state index contributed by atoms with van der Waals surface area (Å²) in [6, 6.07) is 5.40. The van der Waals surface area contributed by atoms with Crippen molar-refractivity contribution in [2.24, 2.45) is 0 Å². The molecule has 0 saturated heterocycles. The third kappa shape index (κ3) is 1.75. The maximum absolute atomic E-state index is 12.6. The first-order valence-corrected chi connectivity index (χ1v) is 4.19. The molecule has 14 heavy (non-hydrogen) atoms. The summed E-state index contributed by atoms with van der Waals surface area (Å²) >= 11 is 0. The molecule has 0 heterocycles. The van der Waals surface area contributed by atoms with Crippen molar-refractivity contribution in [1.29, 1.82) is 0 Å². The Morgan fingerprint density at radius 1 is 1.43 bits per heavy atom. The molecule has 0 spiro atoms. The zero-order chi connectivity index (χ0) is 10.8. The van der Waals surface area contributed by atoms with E-state index in [9.17, 15) is 9.18 Å². The number of hydrogen-bond donors (Lipinski definition) is 2. The standard InChI is InChI=1S/C10H12FNO2/c1-10(12-2,9(13)14)7-3-5-8(11)6-4-7/h3-6,12H,1-2H3,(H,13,14)/t10-/m0/s1. The third-order valence-electron chi connectivity index (χ3n) is 2.35. The Hall–Kier alpha value is -1.42. The van der Waals surface area contributed by atoms with E-state index in [1.54, 1.807) is 7.05 Å². The maximum Gasteiger partial charge on any atom is 0.328 e. The molecular formula is C10H12FNO2. The Morgan fingerprint density at radius 2 is 1.93 bits per heavy atom. The molecule has 3 nitrogen and oxygen atoms in total. The first-order chi connectivity index (χ1) is 6.50. The molecule has 0 aliphatic heterocycles. The second kappa shape index (κ2) is 3.75. The van der Waals surface area contributed by atoms with Gasteiger partial charge in [-0.1, -0.05) is 12.1 Å². The van der Waals surface area contributed by atoms with Crippen molar-refractivity contribution in [2.75, 3.05) is 7.05 Å². The summed E-state index contributed by atoms with van der Waals surface area (Å²) in [5, 5.41) is 11.7. The van der Waals surface area contributed by atoms with Crippen LogP contribution in [0.1, 0.15) is 12.5 Å². The third-order valence-corrected chi connectivity index (χ3v) is 2.35. The zero-order valence-corrected chi connectivity index (χ0v) is 8.04. The van der Waals surface area contributed by atoms with Crippen LogP contribution < -0.4 is 5.32 Å². The van der Waals surface area contributed by atoms with Crippen LogP contribution >= 0.6 is 0 Å². The van der Waals surface area contributed by atoms with Crippen LogP contribution in [-0.2, 0) is 10.3 Å². The molecule has 1 atom stereocenters. The summed E-state index contributed by atoms with van der Waals surface area (Å²) in [7, 11) is 1.55. The highest BCUT2D eigenvalue weighted by Gasteiger charge is 2.32. The minimum Gasteiger partial charge on any atom is -0.480 e. The Labute approximate surface area is 81.6 Å². The number of rotatable bonds is 3. The molecule has 2 N–H and O–H groups in total. The van der Waals surface area contributed by atoms with E-state index < -0.39 is 11.5 Å². The molecule has 0 unspecified atom stereocenters. The van der Waals surface area contributed by atoms with Crippen molar-refractivity contribution < 1.29 is 14.3 Å². The van der Waals surface area contributed by atoms with Crippen LogP contribution in [0.25, 0.3) is 0 Å². The highest BCUT2D eigenvalue weighted by atomic mass is 19.1. The van der Waals surface area contributed by atoms with Crippen molar-refractivity contribution in [3.8, 4) is 0 Å². The van der Waals surface area contributed by atoms with Crippen LogP contribution in [0.3, 0.4) is 0 Å². The molecule has 0 fully saturated rings. The van der Waals surface area contributed by atoms with E-state index in [1.165, 1.54) is 31.2 Å². The molecule has 1 rings (SSSR count). The summed E-state index contributed by atoms with van der Waals surface area (Å²) in [6.45, 7) is 1.53. The lowest BCUT2D eigenvalue weighted by molar-refractivity contribution is -0.144. The molecule has 76 valence electrons. The molecule has 4 heteroatoms. The van der Waals surface area contributed by atoms with Crippen LogP contribution in [0, 0.1) is 5.82 Å². The first kappa shape index (κ1) is 10.7. The van der Waals surface area contributed by atoms with Crippen molar-refractivity contribution >= 4 is 5.97 Å². The number of carboxylic acids is 1. The second-order valence-corrected chi connectivity index (χ2v) is 3.19. The minimum absolute atomic E-state index is 0.377. The van der Waals surface area contributed by atoms with Gasteiger partial charge >= 0.3 is 5.97 Å². The molecule has 0 radical (unpaired) electrons. The van der Waals surface area contributed by atoms with E-state index in [1.807, 2.05) is 0 Å². The maximum atomic E-state index is 12.6. The summed E-state index contributed by atoms with van der Waals surface area (Å²) in [5.74, 6) is -1.37. The van der Waals surface area contributed by atoms with E-state index in [0.29, 0.717) is 5.56 Å². The molecule has 0 aromatic heterocycles. The van der Waals surface area contributed by atoms with Crippen LogP contribution in [-0.4, -0.2) is 18.1 Å². The van der Waals surface area contributed by atoms with Crippen LogP contribution in [0.5, 0.6) is 0 Å². The van der Waals surface area contributed by atoms with Crippen molar-refractivity contribution in [2.45, 2.75) is 12.5 Å². The van der Waals surface area contributed by atoms with E-state index in [4.69, 9.17) is 5.11 Å². The number of hydrogen-bond acceptors (Lipinski definition) is 2. The second-order valence-electron chi connectivity index (χ2n) is 3.19. The predicted molar refractivity (Wildman–Crippen MR) is 50.4 cm³/mol. The van der Waals surface area contributed by atoms with Gasteiger partial charge in [0, 0.05) is 0 Å². The Bertz CT molecular complexity index is 336. The lowest BCUT2D eigenvalue weighted by Gasteiger charge is -2.24. The van der Waals surface area contributed by atoms with Gasteiger partial charge in [0.1, 0.15) is 11.4 Å². The average Bonchev–Trinajstić information content (AvgIpc) is 2.17. The molecule has 0 aliphatic rings. The number of benzene rings is 1. The normalized spacial score (nSPS) is 14.8. The van der Waals surface area contributed by atoms with E-state index >= 15 is 0 Å². The van der Waals surface area contributed by atoms with Crippen LogP contribution in [0.15, 0.2) is 24.3 Å². The number of carbonyl (C=O) groups is 1. The smallest absolute Gasteiger partial charge is 0.328 e. The largest absolute Gasteiger partial charge is 0.480 e. The van der Waals surface area contributed by atoms with E-state index in [2.05, 4.69) is 5.32 Å². The number of likely N-dealkylation sites (N-methyl/N-ethyl adjacent to an activating group) is 1. The predicted octanol–water partition coefficient (Wildman–Crippen LogP) is 1.34. The Kier molecular flexibility index (Phi) is 2.86. The molecule has 0 amide bonds. The van der Waals surface area contributed by atoms with Crippen LogP contribution in [0.4, 0.5) is 4.39 Å². The zero-order valence-electron chi connectivity index (χ0n) is 8.04. The van der Waals surface area contributed by atoms with Gasteiger partial charge in [0.15, 0.2) is 0 Å². The number of nitrogens with one attached hydrogen (secondary N) is 1. The number of aliphatic carboxylic acids is 1. The summed E-state index contributed by atoms with van der Waals surface area (Å²) in [4.78, 5) is 11.0. The molecule has 0 aliphatic carbocycles. The quantitative estimate of drug-likeness (QED) is 0.768. The molecule has 1 aromatic carbocycles. The SMILES string of the molecule is CN[C@](C)(C(=O)O)c1ccc(F)cc1. The van der Waals surface area contributed by atoms with Crippen molar-refractivity contribution in [1.82, 2.24) is 5.32 Å². The van der Waals surface area contributed by atoms with Crippen LogP contribution in [0.2, 0.25) is 0 Å². The van der Waals surface area contributed by atoms with E-state index in [0.717, 1.165) is 0 Å². The first-order valence-electron chi connectivity index (χ1n) is 4.19. The van der Waals surface area contributed by atoms with Crippen molar-refractivity contribution in [3.05, 3.63) is 35.6 Å². The van der Waals surface area contributed by atoms with Gasteiger partial charge in [-0.15, -0.1) is 0 Å². The lowest BCUT2D eigenvalue weighted by Crippen LogP contribution is -2.44. The van der Waals surface area contributed by atoms with Crippen molar-refractivity contribution in [3.63, 3.8) is 0 Å². The summed E-state index contributed by atoms with van der Waals surface area (Å²) in [5.41, 5.74) is -0.651. The van der Waals surface area contributed by atoms with Gasteiger partial charge < -0.3 is 10.4 Å². The summed E-state index contributed by atoms with van der Waals surface area (Å²) < 4.78 is 12.6. The summed E-state index contributed by atoms with van der Waals surface area (Å²) in [6.07, 6.45) is 0. The Balaban J connectivity index is 3.13. The fourth-order valence-corrected chi connectivity index (χ4v) is 1.16. The minimum atomic E-state index is -1.17. The van der Waals surface area contributed by atoms with Gasteiger partial charge in [-0.25, -0.2) is 9.18 Å². The van der Waals surface area contributed by atoms with Gasteiger partial charge in [-0.05, 0) is 31.7 Å². The molecular weight excluding hydrogens is 185 g/mol. The van der Waals surface area contributed by atoms with Gasteiger partial charge in [0.2, 0.25) is 0 Å². The highest BCUT2D eigenvalue weighted by molar-refractivity contribution is 5.80. The monoisotopic (exact) mass is 197 g/mol. The van der Waals surface area contributed by atoms with Gasteiger partial charge in [0.05, 0.1) is 0 Å².